The van der Waals surface area contributed by atoms with E-state index in [1.807, 2.05) is 37.3 Å². The van der Waals surface area contributed by atoms with E-state index in [2.05, 4.69) is 16.7 Å². The number of aryl methyl sites for hydroxylation is 1. The lowest BCUT2D eigenvalue weighted by molar-refractivity contribution is 0.0500. The van der Waals surface area contributed by atoms with Crippen molar-refractivity contribution in [3.8, 4) is 5.69 Å². The van der Waals surface area contributed by atoms with Crippen molar-refractivity contribution in [2.24, 2.45) is 4.99 Å². The van der Waals surface area contributed by atoms with Crippen molar-refractivity contribution < 1.29 is 19.1 Å². The van der Waals surface area contributed by atoms with E-state index in [1.165, 1.54) is 17.0 Å². The molecule has 34 heavy (non-hydrogen) atoms. The smallest absolute Gasteiger partial charge is 0.348 e. The van der Waals surface area contributed by atoms with Crippen molar-refractivity contribution in [3.05, 3.63) is 80.6 Å². The van der Waals surface area contributed by atoms with Gasteiger partial charge in [0.2, 0.25) is 0 Å². The topological polar surface area (TPSA) is 103 Å². The summed E-state index contributed by atoms with van der Waals surface area (Å²) in [7, 11) is 0. The average Bonchev–Trinajstić information content (AvgIpc) is 3.32. The monoisotopic (exact) mass is 481 g/mol. The minimum atomic E-state index is -0.573. The first-order valence-electron chi connectivity index (χ1n) is 10.9. The molecule has 0 atom stereocenters. The highest BCUT2D eigenvalue weighted by Gasteiger charge is 2.26. The maximum absolute atomic E-state index is 13.0. The van der Waals surface area contributed by atoms with Crippen LogP contribution in [0.5, 0.6) is 0 Å². The van der Waals surface area contributed by atoms with Crippen LogP contribution in [0.2, 0.25) is 0 Å². The fourth-order valence-corrected chi connectivity index (χ4v) is 4.23. The predicted molar refractivity (Wildman–Crippen MR) is 133 cm³/mol. The zero-order valence-corrected chi connectivity index (χ0v) is 20.2. The zero-order valence-electron chi connectivity index (χ0n) is 19.4. The lowest BCUT2D eigenvalue weighted by atomic mass is 10.1. The van der Waals surface area contributed by atoms with Gasteiger partial charge in [-0.2, -0.15) is 0 Å². The van der Waals surface area contributed by atoms with Gasteiger partial charge in [0.05, 0.1) is 17.9 Å². The Hall–Kier alpha value is -3.72. The summed E-state index contributed by atoms with van der Waals surface area (Å²) in [6.45, 7) is 9.27. The van der Waals surface area contributed by atoms with Crippen molar-refractivity contribution in [3.63, 3.8) is 0 Å². The summed E-state index contributed by atoms with van der Waals surface area (Å²) in [6.07, 6.45) is 4.47. The molecule has 8 nitrogen and oxygen atoms in total. The van der Waals surface area contributed by atoms with E-state index >= 15 is 0 Å². The summed E-state index contributed by atoms with van der Waals surface area (Å²) in [5.41, 5.74) is 1.99. The molecule has 0 radical (unpaired) electrons. The Kier molecular flexibility index (Phi) is 8.37. The van der Waals surface area contributed by atoms with Crippen LogP contribution in [-0.4, -0.2) is 41.1 Å². The van der Waals surface area contributed by atoms with Gasteiger partial charge in [0.25, 0.3) is 5.56 Å². The predicted octanol–water partition coefficient (Wildman–Crippen LogP) is 4.89. The molecule has 0 spiro atoms. The highest BCUT2D eigenvalue weighted by atomic mass is 32.1. The van der Waals surface area contributed by atoms with E-state index in [1.54, 1.807) is 13.8 Å². The molecule has 1 aromatic carbocycles. The van der Waals surface area contributed by atoms with Crippen molar-refractivity contribution in [2.75, 3.05) is 13.2 Å². The fourth-order valence-electron chi connectivity index (χ4n) is 3.20. The van der Waals surface area contributed by atoms with Crippen molar-refractivity contribution >= 4 is 34.5 Å². The number of H-pyrrole nitrogens is 1. The Morgan fingerprint density at radius 1 is 1.18 bits per heavy atom. The first-order chi connectivity index (χ1) is 16.4. The number of ether oxygens (including phenoxy) is 2. The number of nitrogens with zero attached hydrogens (tertiary/aromatic N) is 2. The maximum atomic E-state index is 13.0. The molecule has 0 saturated carbocycles. The highest BCUT2D eigenvalue weighted by Crippen LogP contribution is 2.36. The second-order valence-electron chi connectivity index (χ2n) is 7.50. The number of carbonyl (C=O) groups excluding carboxylic acids is 2. The minimum Gasteiger partial charge on any atom is -0.462 e. The molecule has 0 fully saturated rings. The number of nitrogens with one attached hydrogen (secondary N) is 1. The summed E-state index contributed by atoms with van der Waals surface area (Å²) in [5.74, 6) is -1.14. The normalized spacial score (nSPS) is 11.0. The number of thiophene rings is 1. The van der Waals surface area contributed by atoms with Gasteiger partial charge in [0, 0.05) is 11.9 Å². The van der Waals surface area contributed by atoms with Crippen molar-refractivity contribution in [2.45, 2.75) is 33.6 Å². The SMILES string of the molecule is C=CCOC(=O)c1sc(/N=C/c2c(C)[nH]n(-c3ccccc3)c2=O)c(C(=O)OCCCC)c1C. The minimum absolute atomic E-state index is 0.0482. The number of benzene rings is 1. The van der Waals surface area contributed by atoms with Gasteiger partial charge in [0.1, 0.15) is 22.0 Å². The molecule has 0 aliphatic rings. The third-order valence-corrected chi connectivity index (χ3v) is 6.20. The third-order valence-electron chi connectivity index (χ3n) is 5.02. The van der Waals surface area contributed by atoms with Gasteiger partial charge in [0.15, 0.2) is 0 Å². The first-order valence-corrected chi connectivity index (χ1v) is 11.7. The van der Waals surface area contributed by atoms with Crippen LogP contribution in [0, 0.1) is 13.8 Å². The largest absolute Gasteiger partial charge is 0.462 e. The van der Waals surface area contributed by atoms with Gasteiger partial charge in [-0.05, 0) is 38.0 Å². The van der Waals surface area contributed by atoms with Crippen LogP contribution in [0.3, 0.4) is 0 Å². The first kappa shape index (κ1) is 24.9. The van der Waals surface area contributed by atoms with Gasteiger partial charge < -0.3 is 9.47 Å². The van der Waals surface area contributed by atoms with E-state index in [9.17, 15) is 14.4 Å². The second kappa shape index (κ2) is 11.4. The number of unbranched alkanes of at least 4 members (excludes halogenated alkanes) is 1. The summed E-state index contributed by atoms with van der Waals surface area (Å²) in [4.78, 5) is 43.0. The molecule has 178 valence electrons. The lowest BCUT2D eigenvalue weighted by Gasteiger charge is -2.05. The molecule has 0 unspecified atom stereocenters. The number of para-hydroxylation sites is 1. The molecule has 3 aromatic rings. The van der Waals surface area contributed by atoms with Gasteiger partial charge in [-0.15, -0.1) is 11.3 Å². The van der Waals surface area contributed by atoms with Gasteiger partial charge >= 0.3 is 11.9 Å². The number of rotatable bonds is 10. The van der Waals surface area contributed by atoms with Crippen LogP contribution in [0.25, 0.3) is 5.69 Å². The lowest BCUT2D eigenvalue weighted by Crippen LogP contribution is -2.17. The Labute approximate surface area is 201 Å². The number of esters is 2. The van der Waals surface area contributed by atoms with Crippen LogP contribution >= 0.6 is 11.3 Å². The third kappa shape index (κ3) is 5.43. The Bertz CT molecular complexity index is 1270. The molecular formula is C25H27N3O5S. The highest BCUT2D eigenvalue weighted by molar-refractivity contribution is 7.18. The van der Waals surface area contributed by atoms with E-state index in [0.717, 1.165) is 24.2 Å². The summed E-state index contributed by atoms with van der Waals surface area (Å²) in [6, 6.07) is 9.16. The standard InChI is InChI=1S/C25H27N3O5S/c1-5-7-14-33-24(30)20-16(3)21(25(31)32-13-6-2)34-22(20)26-15-19-17(4)27-28(23(19)29)18-11-9-8-10-12-18/h6,8-12,15,27H,2,5,7,13-14H2,1,3-4H3/b26-15+. The van der Waals surface area contributed by atoms with Crippen LogP contribution < -0.4 is 5.56 Å². The van der Waals surface area contributed by atoms with Crippen LogP contribution in [0.15, 0.2) is 52.8 Å². The molecular weight excluding hydrogens is 454 g/mol. The van der Waals surface area contributed by atoms with Gasteiger partial charge in [-0.25, -0.2) is 19.3 Å². The average molecular weight is 482 g/mol. The number of hydrogen-bond donors (Lipinski definition) is 1. The van der Waals surface area contributed by atoms with Crippen LogP contribution in [-0.2, 0) is 9.47 Å². The molecule has 1 N–H and O–H groups in total. The molecule has 3 rings (SSSR count). The number of aromatic amines is 1. The Balaban J connectivity index is 2.00. The Morgan fingerprint density at radius 3 is 2.59 bits per heavy atom. The number of carbonyl (C=O) groups is 2. The van der Waals surface area contributed by atoms with Gasteiger partial charge in [-0.3, -0.25) is 9.89 Å². The Morgan fingerprint density at radius 2 is 1.91 bits per heavy atom. The molecule has 0 aliphatic heterocycles. The van der Waals surface area contributed by atoms with E-state index in [-0.39, 0.29) is 34.2 Å². The molecule has 2 heterocycles. The molecule has 2 aromatic heterocycles. The molecule has 9 heteroatoms. The fraction of sp³-hybridized carbons (Fsp3) is 0.280. The summed E-state index contributed by atoms with van der Waals surface area (Å²) >= 11 is 1.02. The van der Waals surface area contributed by atoms with Crippen molar-refractivity contribution in [1.82, 2.24) is 9.78 Å². The number of hydrogen-bond acceptors (Lipinski definition) is 7. The molecule has 0 saturated heterocycles. The molecule has 0 aliphatic carbocycles. The number of aromatic nitrogens is 2. The molecule has 0 amide bonds. The van der Waals surface area contributed by atoms with Crippen LogP contribution in [0.4, 0.5) is 5.00 Å². The maximum Gasteiger partial charge on any atom is 0.348 e. The zero-order chi connectivity index (χ0) is 24.7. The summed E-state index contributed by atoms with van der Waals surface area (Å²) in [5, 5.41) is 3.31. The van der Waals surface area contributed by atoms with E-state index in [4.69, 9.17) is 9.47 Å². The van der Waals surface area contributed by atoms with E-state index in [0.29, 0.717) is 22.5 Å². The quantitative estimate of drug-likeness (QED) is 0.192. The van der Waals surface area contributed by atoms with E-state index < -0.39 is 11.9 Å². The summed E-state index contributed by atoms with van der Waals surface area (Å²) < 4.78 is 12.0. The van der Waals surface area contributed by atoms with Crippen molar-refractivity contribution in [1.29, 1.82) is 0 Å². The van der Waals surface area contributed by atoms with Crippen LogP contribution in [0.1, 0.15) is 56.6 Å². The number of aliphatic imine (C=N–C) groups is 1. The second-order valence-corrected chi connectivity index (χ2v) is 8.50. The van der Waals surface area contributed by atoms with Gasteiger partial charge in [-0.1, -0.05) is 44.2 Å². The molecule has 0 bridgehead atoms.